The summed E-state index contributed by atoms with van der Waals surface area (Å²) in [6.07, 6.45) is -2.93. The van der Waals surface area contributed by atoms with E-state index in [0.717, 1.165) is 19.3 Å². The highest BCUT2D eigenvalue weighted by Crippen LogP contribution is 2.23. The molecule has 0 aliphatic carbocycles. The predicted molar refractivity (Wildman–Crippen MR) is 60.0 cm³/mol. The number of alkyl halides is 3. The third-order valence-corrected chi connectivity index (χ3v) is 2.56. The second-order valence-electron chi connectivity index (χ2n) is 4.65. The lowest BCUT2D eigenvalue weighted by atomic mass is 10.0. The van der Waals surface area contributed by atoms with Gasteiger partial charge in [0.25, 0.3) is 0 Å². The molecule has 0 aliphatic rings. The zero-order valence-electron chi connectivity index (χ0n) is 10.5. The second-order valence-corrected chi connectivity index (χ2v) is 4.65. The van der Waals surface area contributed by atoms with Gasteiger partial charge < -0.3 is 10.3 Å². The molecule has 2 N–H and O–H groups in total. The molecule has 1 heterocycles. The Balaban J connectivity index is 2.46. The van der Waals surface area contributed by atoms with Crippen molar-refractivity contribution in [3.63, 3.8) is 0 Å². The van der Waals surface area contributed by atoms with Crippen LogP contribution in [0.3, 0.4) is 0 Å². The molecule has 1 aromatic rings. The second kappa shape index (κ2) is 6.17. The van der Waals surface area contributed by atoms with E-state index in [1.165, 1.54) is 0 Å². The highest BCUT2D eigenvalue weighted by atomic mass is 19.4. The summed E-state index contributed by atoms with van der Waals surface area (Å²) in [5, 5.41) is 3.34. The number of hydrogen-bond donors (Lipinski definition) is 1. The van der Waals surface area contributed by atoms with Crippen LogP contribution >= 0.6 is 0 Å². The van der Waals surface area contributed by atoms with Crippen LogP contribution in [0.25, 0.3) is 0 Å². The van der Waals surface area contributed by atoms with Gasteiger partial charge in [-0.25, -0.2) is 0 Å². The summed E-state index contributed by atoms with van der Waals surface area (Å²) in [6.45, 7) is 3.77. The highest BCUT2D eigenvalue weighted by molar-refractivity contribution is 4.93. The fourth-order valence-corrected chi connectivity index (χ4v) is 1.59. The third kappa shape index (κ3) is 5.48. The maximum Gasteiger partial charge on any atom is 0.396 e. The molecule has 1 aromatic heterocycles. The van der Waals surface area contributed by atoms with Gasteiger partial charge in [0.2, 0.25) is 5.89 Å². The topological polar surface area (TPSA) is 64.9 Å². The fourth-order valence-electron chi connectivity index (χ4n) is 1.59. The highest BCUT2D eigenvalue weighted by Gasteiger charge is 2.31. The number of nitrogens with two attached hydrogens (primary N) is 1. The quantitative estimate of drug-likeness (QED) is 0.859. The SMILES string of the molecule is CC(N)CCCC(C)c1nc(CC(F)(F)F)no1. The van der Waals surface area contributed by atoms with Crippen LogP contribution in [-0.2, 0) is 6.42 Å². The van der Waals surface area contributed by atoms with Gasteiger partial charge in [-0.3, -0.25) is 0 Å². The van der Waals surface area contributed by atoms with E-state index in [2.05, 4.69) is 10.1 Å². The Hall–Kier alpha value is -1.11. The molecule has 0 radical (unpaired) electrons. The standard InChI is InChI=1S/C11H18F3N3O/c1-7(4-3-5-8(2)15)10-16-9(17-18-10)6-11(12,13)14/h7-8H,3-6,15H2,1-2H3. The van der Waals surface area contributed by atoms with Crippen LogP contribution < -0.4 is 5.73 Å². The van der Waals surface area contributed by atoms with E-state index >= 15 is 0 Å². The predicted octanol–water partition coefficient (Wildman–Crippen LogP) is 2.80. The van der Waals surface area contributed by atoms with E-state index in [1.54, 1.807) is 0 Å². The van der Waals surface area contributed by atoms with Crippen molar-refractivity contribution in [2.45, 2.75) is 57.7 Å². The average Bonchev–Trinajstić information content (AvgIpc) is 2.62. The summed E-state index contributed by atoms with van der Waals surface area (Å²) in [4.78, 5) is 3.76. The number of rotatable bonds is 6. The van der Waals surface area contributed by atoms with Gasteiger partial charge in [-0.15, -0.1) is 0 Å². The molecule has 0 fully saturated rings. The van der Waals surface area contributed by atoms with Crippen LogP contribution in [0.4, 0.5) is 13.2 Å². The van der Waals surface area contributed by atoms with E-state index in [4.69, 9.17) is 10.3 Å². The third-order valence-electron chi connectivity index (χ3n) is 2.56. The zero-order chi connectivity index (χ0) is 13.8. The van der Waals surface area contributed by atoms with Gasteiger partial charge in [0.15, 0.2) is 5.82 Å². The first-order valence-electron chi connectivity index (χ1n) is 5.92. The molecule has 0 bridgehead atoms. The van der Waals surface area contributed by atoms with Crippen molar-refractivity contribution >= 4 is 0 Å². The minimum Gasteiger partial charge on any atom is -0.339 e. The van der Waals surface area contributed by atoms with Gasteiger partial charge in [-0.1, -0.05) is 18.5 Å². The Bertz CT molecular complexity index is 363. The molecule has 1 rings (SSSR count). The lowest BCUT2D eigenvalue weighted by molar-refractivity contribution is -0.128. The Labute approximate surface area is 104 Å². The summed E-state index contributed by atoms with van der Waals surface area (Å²) < 4.78 is 41.2. The molecule has 4 nitrogen and oxygen atoms in total. The number of nitrogens with zero attached hydrogens (tertiary/aromatic N) is 2. The summed E-state index contributed by atoms with van der Waals surface area (Å²) in [6, 6.07) is 0.126. The molecule has 0 saturated heterocycles. The van der Waals surface area contributed by atoms with Gasteiger partial charge in [-0.05, 0) is 19.8 Å². The van der Waals surface area contributed by atoms with Crippen molar-refractivity contribution in [1.29, 1.82) is 0 Å². The maximum atomic E-state index is 12.1. The number of aromatic nitrogens is 2. The lowest BCUT2D eigenvalue weighted by Crippen LogP contribution is -2.14. The molecule has 0 aliphatic heterocycles. The Morgan fingerprint density at radius 3 is 2.50 bits per heavy atom. The maximum absolute atomic E-state index is 12.1. The molecular weight excluding hydrogens is 247 g/mol. The van der Waals surface area contributed by atoms with E-state index in [1.807, 2.05) is 13.8 Å². The molecule has 0 amide bonds. The van der Waals surface area contributed by atoms with E-state index < -0.39 is 12.6 Å². The smallest absolute Gasteiger partial charge is 0.339 e. The first kappa shape index (κ1) is 14.9. The molecular formula is C11H18F3N3O. The number of hydrogen-bond acceptors (Lipinski definition) is 4. The molecule has 7 heteroatoms. The van der Waals surface area contributed by atoms with Crippen molar-refractivity contribution in [3.05, 3.63) is 11.7 Å². The fraction of sp³-hybridized carbons (Fsp3) is 0.818. The largest absolute Gasteiger partial charge is 0.396 e. The Kier molecular flexibility index (Phi) is 5.13. The van der Waals surface area contributed by atoms with E-state index in [0.29, 0.717) is 0 Å². The van der Waals surface area contributed by atoms with Crippen molar-refractivity contribution < 1.29 is 17.7 Å². The Morgan fingerprint density at radius 1 is 1.28 bits per heavy atom. The summed E-state index contributed by atoms with van der Waals surface area (Å²) >= 11 is 0. The minimum absolute atomic E-state index is 0.0433. The van der Waals surface area contributed by atoms with Gasteiger partial charge in [0.05, 0.1) is 0 Å². The minimum atomic E-state index is -4.31. The monoisotopic (exact) mass is 265 g/mol. The first-order valence-corrected chi connectivity index (χ1v) is 5.92. The molecule has 104 valence electrons. The molecule has 18 heavy (non-hydrogen) atoms. The molecule has 0 spiro atoms. The summed E-state index contributed by atoms with van der Waals surface area (Å²) in [5.41, 5.74) is 5.61. The van der Waals surface area contributed by atoms with Gasteiger partial charge in [-0.2, -0.15) is 18.2 Å². The number of halogens is 3. The summed E-state index contributed by atoms with van der Waals surface area (Å²) in [7, 11) is 0. The van der Waals surface area contributed by atoms with Crippen LogP contribution in [0.15, 0.2) is 4.52 Å². The van der Waals surface area contributed by atoms with Gasteiger partial charge in [0.1, 0.15) is 6.42 Å². The van der Waals surface area contributed by atoms with Crippen LogP contribution in [0, 0.1) is 0 Å². The first-order chi connectivity index (χ1) is 8.28. The van der Waals surface area contributed by atoms with Crippen molar-refractivity contribution in [1.82, 2.24) is 10.1 Å². The zero-order valence-corrected chi connectivity index (χ0v) is 10.5. The van der Waals surface area contributed by atoms with Crippen LogP contribution in [0.1, 0.15) is 50.7 Å². The van der Waals surface area contributed by atoms with Crippen molar-refractivity contribution in [3.8, 4) is 0 Å². The van der Waals surface area contributed by atoms with Gasteiger partial charge >= 0.3 is 6.18 Å². The van der Waals surface area contributed by atoms with Crippen LogP contribution in [-0.4, -0.2) is 22.4 Å². The average molecular weight is 265 g/mol. The van der Waals surface area contributed by atoms with E-state index in [-0.39, 0.29) is 23.7 Å². The van der Waals surface area contributed by atoms with Gasteiger partial charge in [0, 0.05) is 12.0 Å². The van der Waals surface area contributed by atoms with Crippen molar-refractivity contribution in [2.24, 2.45) is 5.73 Å². The molecule has 0 aromatic carbocycles. The normalized spacial score (nSPS) is 15.7. The van der Waals surface area contributed by atoms with Crippen LogP contribution in [0.5, 0.6) is 0 Å². The molecule has 2 atom stereocenters. The van der Waals surface area contributed by atoms with E-state index in [9.17, 15) is 13.2 Å². The Morgan fingerprint density at radius 2 is 1.94 bits per heavy atom. The summed E-state index contributed by atoms with van der Waals surface area (Å²) in [5.74, 6) is -0.0892. The van der Waals surface area contributed by atoms with Crippen molar-refractivity contribution in [2.75, 3.05) is 0 Å². The van der Waals surface area contributed by atoms with Crippen LogP contribution in [0.2, 0.25) is 0 Å². The molecule has 2 unspecified atom stereocenters. The molecule has 0 saturated carbocycles. The lowest BCUT2D eigenvalue weighted by Gasteiger charge is -2.07.